The summed E-state index contributed by atoms with van der Waals surface area (Å²) in [6.07, 6.45) is 4.04. The molecule has 0 bridgehead atoms. The first-order valence-corrected chi connectivity index (χ1v) is 9.37. The van der Waals surface area contributed by atoms with E-state index in [1.165, 1.54) is 65.1 Å². The molecule has 2 aliphatic heterocycles. The van der Waals surface area contributed by atoms with E-state index >= 15 is 0 Å². The second-order valence-corrected chi connectivity index (χ2v) is 9.58. The van der Waals surface area contributed by atoms with Gasteiger partial charge in [-0.15, -0.1) is 0 Å². The molecule has 0 aliphatic carbocycles. The predicted molar refractivity (Wildman–Crippen MR) is 96.4 cm³/mol. The molecule has 0 aromatic carbocycles. The lowest BCUT2D eigenvalue weighted by atomic mass is 9.92. The van der Waals surface area contributed by atoms with Crippen LogP contribution in [0.4, 0.5) is 0 Å². The number of nitrogens with zero attached hydrogens (tertiary/aromatic N) is 3. The van der Waals surface area contributed by atoms with Crippen LogP contribution in [0.25, 0.3) is 0 Å². The van der Waals surface area contributed by atoms with Gasteiger partial charge in [0.25, 0.3) is 0 Å². The van der Waals surface area contributed by atoms with Crippen LogP contribution in [0.3, 0.4) is 0 Å². The lowest BCUT2D eigenvalue weighted by Crippen LogP contribution is -2.55. The van der Waals surface area contributed by atoms with Gasteiger partial charge in [0.2, 0.25) is 0 Å². The summed E-state index contributed by atoms with van der Waals surface area (Å²) >= 11 is 0. The van der Waals surface area contributed by atoms with Crippen LogP contribution in [0.15, 0.2) is 0 Å². The Labute approximate surface area is 139 Å². The van der Waals surface area contributed by atoms with Crippen LogP contribution in [0.2, 0.25) is 0 Å². The smallest absolute Gasteiger partial charge is 0.0125 e. The van der Waals surface area contributed by atoms with E-state index in [2.05, 4.69) is 56.2 Å². The molecule has 0 unspecified atom stereocenters. The molecule has 0 N–H and O–H groups in total. The van der Waals surface area contributed by atoms with Crippen LogP contribution in [0, 0.1) is 5.41 Å². The van der Waals surface area contributed by atoms with Gasteiger partial charge in [0.15, 0.2) is 0 Å². The fraction of sp³-hybridized carbons (Fsp3) is 1.00. The van der Waals surface area contributed by atoms with Crippen molar-refractivity contribution in [2.24, 2.45) is 5.41 Å². The van der Waals surface area contributed by atoms with E-state index in [1.807, 2.05) is 0 Å². The SMILES string of the molecule is CC(C)(C)CCN1CCN(C2CCN(C(C)(C)C)CC2)CC1. The van der Waals surface area contributed by atoms with Crippen molar-refractivity contribution in [3.63, 3.8) is 0 Å². The van der Waals surface area contributed by atoms with E-state index in [-0.39, 0.29) is 0 Å². The van der Waals surface area contributed by atoms with Crippen molar-refractivity contribution in [1.29, 1.82) is 0 Å². The third-order valence-corrected chi connectivity index (χ3v) is 5.51. The highest BCUT2D eigenvalue weighted by Crippen LogP contribution is 2.24. The van der Waals surface area contributed by atoms with Gasteiger partial charge < -0.3 is 4.90 Å². The second kappa shape index (κ2) is 7.19. The molecule has 2 fully saturated rings. The quantitative estimate of drug-likeness (QED) is 0.792. The highest BCUT2D eigenvalue weighted by molar-refractivity contribution is 4.87. The first-order chi connectivity index (χ1) is 10.1. The molecule has 130 valence electrons. The van der Waals surface area contributed by atoms with Crippen LogP contribution in [0.5, 0.6) is 0 Å². The Bertz CT molecular complexity index is 324. The number of hydrogen-bond donors (Lipinski definition) is 0. The second-order valence-electron chi connectivity index (χ2n) is 9.58. The van der Waals surface area contributed by atoms with Gasteiger partial charge in [-0.25, -0.2) is 0 Å². The molecule has 3 heteroatoms. The lowest BCUT2D eigenvalue weighted by Gasteiger charge is -2.46. The summed E-state index contributed by atoms with van der Waals surface area (Å²) < 4.78 is 0. The minimum Gasteiger partial charge on any atom is -0.301 e. The zero-order valence-electron chi connectivity index (χ0n) is 16.0. The molecule has 0 spiro atoms. The largest absolute Gasteiger partial charge is 0.301 e. The summed E-state index contributed by atoms with van der Waals surface area (Å²) in [5.74, 6) is 0. The molecule has 0 saturated carbocycles. The number of piperidine rings is 1. The fourth-order valence-corrected chi connectivity index (χ4v) is 3.75. The zero-order valence-corrected chi connectivity index (χ0v) is 16.0. The average molecular weight is 310 g/mol. The van der Waals surface area contributed by atoms with Crippen molar-refractivity contribution in [3.8, 4) is 0 Å². The monoisotopic (exact) mass is 309 g/mol. The topological polar surface area (TPSA) is 9.72 Å². The van der Waals surface area contributed by atoms with Crippen LogP contribution in [-0.4, -0.2) is 72.1 Å². The predicted octanol–water partition coefficient (Wildman–Crippen LogP) is 3.30. The van der Waals surface area contributed by atoms with E-state index in [1.54, 1.807) is 0 Å². The van der Waals surface area contributed by atoms with Crippen LogP contribution >= 0.6 is 0 Å². The molecule has 0 aromatic heterocycles. The molecule has 22 heavy (non-hydrogen) atoms. The molecule has 2 rings (SSSR count). The first-order valence-electron chi connectivity index (χ1n) is 9.37. The molecule has 0 amide bonds. The molecule has 3 nitrogen and oxygen atoms in total. The highest BCUT2D eigenvalue weighted by atomic mass is 15.3. The van der Waals surface area contributed by atoms with E-state index < -0.39 is 0 Å². The summed E-state index contributed by atoms with van der Waals surface area (Å²) in [5.41, 5.74) is 0.813. The molecule has 0 atom stereocenters. The standard InChI is InChI=1S/C19H39N3/c1-18(2,3)9-12-20-13-15-21(16-14-20)17-7-10-22(11-8-17)19(4,5)6/h17H,7-16H2,1-6H3. The van der Waals surface area contributed by atoms with Crippen LogP contribution in [-0.2, 0) is 0 Å². The maximum absolute atomic E-state index is 2.77. The van der Waals surface area contributed by atoms with Gasteiger partial charge >= 0.3 is 0 Å². The third kappa shape index (κ3) is 5.50. The first kappa shape index (κ1) is 18.2. The van der Waals surface area contributed by atoms with E-state index in [4.69, 9.17) is 0 Å². The molecule has 2 heterocycles. The van der Waals surface area contributed by atoms with E-state index in [9.17, 15) is 0 Å². The van der Waals surface area contributed by atoms with Crippen molar-refractivity contribution in [3.05, 3.63) is 0 Å². The van der Waals surface area contributed by atoms with Crippen molar-refractivity contribution in [1.82, 2.24) is 14.7 Å². The summed E-state index contributed by atoms with van der Waals surface area (Å²) in [7, 11) is 0. The molecule has 2 aliphatic rings. The molecular formula is C19H39N3. The van der Waals surface area contributed by atoms with Gasteiger partial charge in [-0.05, 0) is 52.0 Å². The van der Waals surface area contributed by atoms with Gasteiger partial charge in [0.1, 0.15) is 0 Å². The number of rotatable bonds is 3. The van der Waals surface area contributed by atoms with E-state index in [0.29, 0.717) is 11.0 Å². The Kier molecular flexibility index (Phi) is 5.95. The summed E-state index contributed by atoms with van der Waals surface area (Å²) in [4.78, 5) is 8.10. The summed E-state index contributed by atoms with van der Waals surface area (Å²) in [5, 5.41) is 0. The molecule has 0 aromatic rings. The number of likely N-dealkylation sites (tertiary alicyclic amines) is 1. The maximum atomic E-state index is 2.77. The van der Waals surface area contributed by atoms with Crippen molar-refractivity contribution in [2.45, 2.75) is 72.4 Å². The highest BCUT2D eigenvalue weighted by Gasteiger charge is 2.31. The minimum absolute atomic E-state index is 0.344. The van der Waals surface area contributed by atoms with Gasteiger partial charge in [0, 0.05) is 50.8 Å². The number of hydrogen-bond acceptors (Lipinski definition) is 3. The maximum Gasteiger partial charge on any atom is 0.0125 e. The Morgan fingerprint density at radius 3 is 1.77 bits per heavy atom. The third-order valence-electron chi connectivity index (χ3n) is 5.51. The summed E-state index contributed by atoms with van der Waals surface area (Å²) in [6.45, 7) is 23.0. The lowest BCUT2D eigenvalue weighted by molar-refractivity contribution is 0.0306. The van der Waals surface area contributed by atoms with Crippen molar-refractivity contribution < 1.29 is 0 Å². The number of piperazine rings is 1. The molecule has 0 radical (unpaired) electrons. The summed E-state index contributed by atoms with van der Waals surface area (Å²) in [6, 6.07) is 0.836. The zero-order chi connectivity index (χ0) is 16.4. The molecular weight excluding hydrogens is 270 g/mol. The minimum atomic E-state index is 0.344. The van der Waals surface area contributed by atoms with Gasteiger partial charge in [-0.1, -0.05) is 20.8 Å². The Balaban J connectivity index is 1.70. The van der Waals surface area contributed by atoms with Gasteiger partial charge in [-0.2, -0.15) is 0 Å². The fourth-order valence-electron chi connectivity index (χ4n) is 3.75. The van der Waals surface area contributed by atoms with Crippen LogP contribution < -0.4 is 0 Å². The molecule has 2 saturated heterocycles. The van der Waals surface area contributed by atoms with Gasteiger partial charge in [-0.3, -0.25) is 9.80 Å². The normalized spacial score (nSPS) is 24.8. The van der Waals surface area contributed by atoms with E-state index in [0.717, 1.165) is 6.04 Å². The van der Waals surface area contributed by atoms with Crippen LogP contribution in [0.1, 0.15) is 60.8 Å². The van der Waals surface area contributed by atoms with Gasteiger partial charge in [0.05, 0.1) is 0 Å². The average Bonchev–Trinajstić information content (AvgIpc) is 2.44. The Hall–Kier alpha value is -0.120. The Morgan fingerprint density at radius 1 is 0.773 bits per heavy atom. The van der Waals surface area contributed by atoms with Crippen molar-refractivity contribution >= 4 is 0 Å². The van der Waals surface area contributed by atoms with Crippen molar-refractivity contribution in [2.75, 3.05) is 45.8 Å². The Morgan fingerprint density at radius 2 is 1.32 bits per heavy atom.